The van der Waals surface area contributed by atoms with E-state index in [-0.39, 0.29) is 6.61 Å². The molecule has 0 saturated heterocycles. The maximum atomic E-state index is 9.06. The number of halogens is 1. The van der Waals surface area contributed by atoms with E-state index >= 15 is 0 Å². The van der Waals surface area contributed by atoms with E-state index < -0.39 is 0 Å². The van der Waals surface area contributed by atoms with Gasteiger partial charge in [0.1, 0.15) is 5.15 Å². The van der Waals surface area contributed by atoms with E-state index in [1.165, 1.54) is 16.0 Å². The number of nitrogens with zero attached hydrogens (tertiary/aromatic N) is 3. The monoisotopic (exact) mass is 229 g/mol. The van der Waals surface area contributed by atoms with E-state index in [2.05, 4.69) is 10.1 Å². The van der Waals surface area contributed by atoms with E-state index in [1.807, 2.05) is 12.3 Å². The van der Waals surface area contributed by atoms with E-state index in [1.54, 1.807) is 6.20 Å². The average Bonchev–Trinajstić information content (AvgIpc) is 2.74. The number of hydrogen-bond acceptors (Lipinski definition) is 4. The first-order chi connectivity index (χ1) is 6.74. The first-order valence-corrected chi connectivity index (χ1v) is 5.24. The van der Waals surface area contributed by atoms with Gasteiger partial charge in [-0.3, -0.25) is 0 Å². The molecule has 2 aromatic rings. The van der Waals surface area contributed by atoms with Crippen molar-refractivity contribution in [1.29, 1.82) is 0 Å². The largest absolute Gasteiger partial charge is 0.391 e. The second kappa shape index (κ2) is 3.68. The lowest BCUT2D eigenvalue weighted by molar-refractivity contribution is 0.281. The molecule has 2 rings (SSSR count). The summed E-state index contributed by atoms with van der Waals surface area (Å²) < 4.78 is 1.53. The molecule has 0 spiro atoms. The Kier molecular flexibility index (Phi) is 2.54. The molecule has 0 atom stereocenters. The molecule has 2 aromatic heterocycles. The SMILES string of the molecule is Cc1nn(-c2nccs2)c(Cl)c1CO. The van der Waals surface area contributed by atoms with Gasteiger partial charge in [-0.15, -0.1) is 11.3 Å². The molecule has 0 unspecified atom stereocenters. The minimum atomic E-state index is -0.101. The fraction of sp³-hybridized carbons (Fsp3) is 0.250. The van der Waals surface area contributed by atoms with Crippen molar-refractivity contribution in [2.24, 2.45) is 0 Å². The molecule has 4 nitrogen and oxygen atoms in total. The summed E-state index contributed by atoms with van der Waals surface area (Å²) in [4.78, 5) is 4.09. The summed E-state index contributed by atoms with van der Waals surface area (Å²) in [7, 11) is 0. The third-order valence-corrected chi connectivity index (χ3v) is 3.02. The lowest BCUT2D eigenvalue weighted by Crippen LogP contribution is -1.95. The molecular weight excluding hydrogens is 222 g/mol. The van der Waals surface area contributed by atoms with Crippen molar-refractivity contribution in [1.82, 2.24) is 14.8 Å². The summed E-state index contributed by atoms with van der Waals surface area (Å²) in [5, 5.41) is 16.2. The van der Waals surface area contributed by atoms with Crippen LogP contribution in [0.25, 0.3) is 5.13 Å². The van der Waals surface area contributed by atoms with Gasteiger partial charge in [0.2, 0.25) is 5.13 Å². The number of aryl methyl sites for hydroxylation is 1. The van der Waals surface area contributed by atoms with Crippen molar-refractivity contribution in [3.8, 4) is 5.13 Å². The van der Waals surface area contributed by atoms with Crippen LogP contribution < -0.4 is 0 Å². The molecule has 0 aliphatic carbocycles. The molecule has 0 amide bonds. The number of rotatable bonds is 2. The van der Waals surface area contributed by atoms with Crippen LogP contribution in [0.1, 0.15) is 11.3 Å². The van der Waals surface area contributed by atoms with Crippen molar-refractivity contribution >= 4 is 22.9 Å². The van der Waals surface area contributed by atoms with Gasteiger partial charge >= 0.3 is 0 Å². The van der Waals surface area contributed by atoms with E-state index in [0.29, 0.717) is 15.8 Å². The normalized spacial score (nSPS) is 10.8. The van der Waals surface area contributed by atoms with Gasteiger partial charge < -0.3 is 5.11 Å². The Bertz CT molecular complexity index is 438. The zero-order valence-corrected chi connectivity index (χ0v) is 9.01. The Morgan fingerprint density at radius 1 is 1.64 bits per heavy atom. The first-order valence-electron chi connectivity index (χ1n) is 3.98. The summed E-state index contributed by atoms with van der Waals surface area (Å²) >= 11 is 7.47. The maximum absolute atomic E-state index is 9.06. The molecule has 0 saturated carbocycles. The van der Waals surface area contributed by atoms with E-state index in [0.717, 1.165) is 5.69 Å². The van der Waals surface area contributed by atoms with Gasteiger partial charge in [-0.2, -0.15) is 9.78 Å². The van der Waals surface area contributed by atoms with E-state index in [9.17, 15) is 0 Å². The number of aromatic nitrogens is 3. The van der Waals surface area contributed by atoms with Gasteiger partial charge in [-0.1, -0.05) is 11.6 Å². The van der Waals surface area contributed by atoms with Gasteiger partial charge in [-0.25, -0.2) is 4.98 Å². The molecule has 0 aliphatic heterocycles. The van der Waals surface area contributed by atoms with Crippen molar-refractivity contribution < 1.29 is 5.11 Å². The summed E-state index contributed by atoms with van der Waals surface area (Å²) in [6.07, 6.45) is 1.69. The van der Waals surface area contributed by atoms with Crippen LogP contribution in [0.2, 0.25) is 5.15 Å². The van der Waals surface area contributed by atoms with Crippen LogP contribution in [0.3, 0.4) is 0 Å². The number of aliphatic hydroxyl groups is 1. The van der Waals surface area contributed by atoms with Crippen molar-refractivity contribution in [3.63, 3.8) is 0 Å². The lowest BCUT2D eigenvalue weighted by atomic mass is 10.3. The minimum Gasteiger partial charge on any atom is -0.391 e. The summed E-state index contributed by atoms with van der Waals surface area (Å²) in [6.45, 7) is 1.71. The van der Waals surface area contributed by atoms with Gasteiger partial charge in [0.15, 0.2) is 0 Å². The highest BCUT2D eigenvalue weighted by molar-refractivity contribution is 7.12. The highest BCUT2D eigenvalue weighted by atomic mass is 35.5. The third kappa shape index (κ3) is 1.43. The molecule has 14 heavy (non-hydrogen) atoms. The molecule has 1 N–H and O–H groups in total. The highest BCUT2D eigenvalue weighted by Gasteiger charge is 2.14. The van der Waals surface area contributed by atoms with Crippen LogP contribution in [0, 0.1) is 6.92 Å². The molecule has 6 heteroatoms. The Balaban J connectivity index is 2.55. The second-order valence-corrected chi connectivity index (χ2v) is 3.97. The Morgan fingerprint density at radius 3 is 2.93 bits per heavy atom. The van der Waals surface area contributed by atoms with E-state index in [4.69, 9.17) is 16.7 Å². The van der Waals surface area contributed by atoms with Crippen LogP contribution >= 0.6 is 22.9 Å². The lowest BCUT2D eigenvalue weighted by Gasteiger charge is -1.96. The number of aliphatic hydroxyl groups excluding tert-OH is 1. The Morgan fingerprint density at radius 2 is 2.43 bits per heavy atom. The summed E-state index contributed by atoms with van der Waals surface area (Å²) in [6, 6.07) is 0. The summed E-state index contributed by atoms with van der Waals surface area (Å²) in [5.74, 6) is 0. The van der Waals surface area contributed by atoms with Crippen LogP contribution in [-0.2, 0) is 6.61 Å². The molecule has 0 fully saturated rings. The first kappa shape index (κ1) is 9.64. The maximum Gasteiger partial charge on any atom is 0.211 e. The quantitative estimate of drug-likeness (QED) is 0.854. The zero-order chi connectivity index (χ0) is 10.1. The van der Waals surface area contributed by atoms with Crippen LogP contribution in [0.15, 0.2) is 11.6 Å². The smallest absolute Gasteiger partial charge is 0.211 e. The van der Waals surface area contributed by atoms with Crippen molar-refractivity contribution in [3.05, 3.63) is 28.0 Å². The molecular formula is C8H8ClN3OS. The van der Waals surface area contributed by atoms with Gasteiger partial charge in [0, 0.05) is 17.1 Å². The van der Waals surface area contributed by atoms with Crippen LogP contribution in [-0.4, -0.2) is 19.9 Å². The van der Waals surface area contributed by atoms with Gasteiger partial charge in [-0.05, 0) is 6.92 Å². The standard InChI is InChI=1S/C8H8ClN3OS/c1-5-6(4-13)7(9)12(11-5)8-10-2-3-14-8/h2-3,13H,4H2,1H3. The fourth-order valence-corrected chi connectivity index (χ4v) is 2.12. The predicted octanol–water partition coefficient (Wildman–Crippen LogP) is 1.78. The van der Waals surface area contributed by atoms with Gasteiger partial charge in [0.25, 0.3) is 0 Å². The molecule has 2 heterocycles. The topological polar surface area (TPSA) is 50.9 Å². The van der Waals surface area contributed by atoms with Crippen molar-refractivity contribution in [2.75, 3.05) is 0 Å². The van der Waals surface area contributed by atoms with Crippen LogP contribution in [0.4, 0.5) is 0 Å². The summed E-state index contributed by atoms with van der Waals surface area (Å²) in [5.41, 5.74) is 1.38. The molecule has 0 bridgehead atoms. The average molecular weight is 230 g/mol. The molecule has 74 valence electrons. The molecule has 0 radical (unpaired) electrons. The second-order valence-electron chi connectivity index (χ2n) is 2.74. The Hall–Kier alpha value is -0.910. The molecule has 0 aliphatic rings. The number of thiazole rings is 1. The molecule has 0 aromatic carbocycles. The zero-order valence-electron chi connectivity index (χ0n) is 7.44. The fourth-order valence-electron chi connectivity index (χ4n) is 1.16. The van der Waals surface area contributed by atoms with Gasteiger partial charge in [0.05, 0.1) is 12.3 Å². The number of hydrogen-bond donors (Lipinski definition) is 1. The highest BCUT2D eigenvalue weighted by Crippen LogP contribution is 2.24. The van der Waals surface area contributed by atoms with Crippen molar-refractivity contribution in [2.45, 2.75) is 13.5 Å². The Labute approximate surface area is 89.8 Å². The third-order valence-electron chi connectivity index (χ3n) is 1.88. The minimum absolute atomic E-state index is 0.101. The predicted molar refractivity (Wildman–Crippen MR) is 54.9 cm³/mol. The van der Waals surface area contributed by atoms with Crippen LogP contribution in [0.5, 0.6) is 0 Å².